The second-order valence-corrected chi connectivity index (χ2v) is 5.39. The minimum Gasteiger partial charge on any atom is -0.490 e. The molecule has 1 saturated carbocycles. The van der Waals surface area contributed by atoms with Crippen molar-refractivity contribution in [3.05, 3.63) is 24.3 Å². The summed E-state index contributed by atoms with van der Waals surface area (Å²) in [6.45, 7) is 1.18. The normalized spacial score (nSPS) is 32.6. The van der Waals surface area contributed by atoms with Gasteiger partial charge in [0.05, 0.1) is 0 Å². The number of hydrogen-bond acceptors (Lipinski definition) is 3. The van der Waals surface area contributed by atoms with E-state index >= 15 is 0 Å². The molecular weight excluding hydrogens is 212 g/mol. The molecule has 2 bridgehead atoms. The highest BCUT2D eigenvalue weighted by Crippen LogP contribution is 2.36. The molecule has 2 aliphatic rings. The second kappa shape index (κ2) is 4.22. The summed E-state index contributed by atoms with van der Waals surface area (Å²) < 4.78 is 6.11. The maximum absolute atomic E-state index is 6.11. The van der Waals surface area contributed by atoms with E-state index in [1.54, 1.807) is 0 Å². The van der Waals surface area contributed by atoms with Gasteiger partial charge in [0, 0.05) is 24.2 Å². The summed E-state index contributed by atoms with van der Waals surface area (Å²) in [7, 11) is 2.23. The van der Waals surface area contributed by atoms with Crippen LogP contribution in [0.1, 0.15) is 19.3 Å². The molecule has 3 unspecified atom stereocenters. The van der Waals surface area contributed by atoms with E-state index in [1.165, 1.54) is 25.8 Å². The summed E-state index contributed by atoms with van der Waals surface area (Å²) in [4.78, 5) is 2.48. The zero-order valence-electron chi connectivity index (χ0n) is 10.3. The first-order chi connectivity index (χ1) is 8.22. The number of rotatable bonds is 2. The van der Waals surface area contributed by atoms with Gasteiger partial charge in [-0.2, -0.15) is 0 Å². The Labute approximate surface area is 103 Å². The quantitative estimate of drug-likeness (QED) is 0.794. The molecule has 92 valence electrons. The van der Waals surface area contributed by atoms with E-state index in [0.29, 0.717) is 12.0 Å². The summed E-state index contributed by atoms with van der Waals surface area (Å²) in [6.07, 6.45) is 4.15. The van der Waals surface area contributed by atoms with Crippen molar-refractivity contribution in [3.63, 3.8) is 0 Å². The predicted octanol–water partition coefficient (Wildman–Crippen LogP) is 2.13. The Morgan fingerprint density at radius 1 is 1.24 bits per heavy atom. The van der Waals surface area contributed by atoms with Gasteiger partial charge in [-0.25, -0.2) is 0 Å². The number of nitrogens with zero attached hydrogens (tertiary/aromatic N) is 1. The van der Waals surface area contributed by atoms with E-state index < -0.39 is 0 Å². The topological polar surface area (TPSA) is 38.5 Å². The molecule has 1 saturated heterocycles. The average molecular weight is 232 g/mol. The SMILES string of the molecule is CN1CC2CC1CCC2Oc1ccc(N)cc1. The molecule has 2 fully saturated rings. The molecule has 0 spiro atoms. The number of fused-ring (bicyclic) bond motifs is 2. The maximum Gasteiger partial charge on any atom is 0.119 e. The van der Waals surface area contributed by atoms with Gasteiger partial charge in [-0.15, -0.1) is 0 Å². The van der Waals surface area contributed by atoms with Crippen molar-refractivity contribution >= 4 is 5.69 Å². The van der Waals surface area contributed by atoms with Crippen molar-refractivity contribution < 1.29 is 4.74 Å². The minimum atomic E-state index is 0.389. The summed E-state index contributed by atoms with van der Waals surface area (Å²) in [5.74, 6) is 1.66. The summed E-state index contributed by atoms with van der Waals surface area (Å²) in [5, 5.41) is 0. The van der Waals surface area contributed by atoms with Crippen LogP contribution in [0.4, 0.5) is 5.69 Å². The van der Waals surface area contributed by atoms with Gasteiger partial charge in [-0.1, -0.05) is 0 Å². The van der Waals surface area contributed by atoms with Crippen LogP contribution >= 0.6 is 0 Å². The number of nitrogen functional groups attached to an aromatic ring is 1. The van der Waals surface area contributed by atoms with Gasteiger partial charge in [-0.3, -0.25) is 0 Å². The van der Waals surface area contributed by atoms with Gasteiger partial charge in [0.15, 0.2) is 0 Å². The molecule has 2 N–H and O–H groups in total. The molecule has 3 atom stereocenters. The molecule has 0 radical (unpaired) electrons. The lowest BCUT2D eigenvalue weighted by Crippen LogP contribution is -2.31. The Kier molecular flexibility index (Phi) is 2.71. The Morgan fingerprint density at radius 3 is 2.76 bits per heavy atom. The largest absolute Gasteiger partial charge is 0.490 e. The van der Waals surface area contributed by atoms with E-state index in [2.05, 4.69) is 11.9 Å². The van der Waals surface area contributed by atoms with Crippen LogP contribution in [0, 0.1) is 5.92 Å². The van der Waals surface area contributed by atoms with Crippen LogP contribution < -0.4 is 10.5 Å². The summed E-state index contributed by atoms with van der Waals surface area (Å²) in [6, 6.07) is 8.55. The molecule has 0 aromatic heterocycles. The Bertz CT molecular complexity index is 388. The van der Waals surface area contributed by atoms with Crippen molar-refractivity contribution in [2.75, 3.05) is 19.3 Å². The zero-order valence-corrected chi connectivity index (χ0v) is 10.3. The molecule has 1 aromatic rings. The maximum atomic E-state index is 6.11. The lowest BCUT2D eigenvalue weighted by atomic mass is 9.87. The van der Waals surface area contributed by atoms with E-state index in [-0.39, 0.29) is 0 Å². The smallest absolute Gasteiger partial charge is 0.119 e. The van der Waals surface area contributed by atoms with E-state index in [1.807, 2.05) is 24.3 Å². The first kappa shape index (κ1) is 10.9. The van der Waals surface area contributed by atoms with Crippen LogP contribution in [-0.4, -0.2) is 30.6 Å². The summed E-state index contributed by atoms with van der Waals surface area (Å²) >= 11 is 0. The van der Waals surface area contributed by atoms with Crippen LogP contribution in [0.3, 0.4) is 0 Å². The van der Waals surface area contributed by atoms with Crippen LogP contribution in [0.25, 0.3) is 0 Å². The molecule has 1 heterocycles. The second-order valence-electron chi connectivity index (χ2n) is 5.39. The molecule has 1 aliphatic carbocycles. The van der Waals surface area contributed by atoms with Gasteiger partial charge >= 0.3 is 0 Å². The highest BCUT2D eigenvalue weighted by atomic mass is 16.5. The number of hydrogen-bond donors (Lipinski definition) is 1. The highest BCUT2D eigenvalue weighted by molar-refractivity contribution is 5.41. The molecular formula is C14H20N2O. The van der Waals surface area contributed by atoms with Crippen molar-refractivity contribution in [1.82, 2.24) is 4.90 Å². The van der Waals surface area contributed by atoms with Crippen LogP contribution in [0.15, 0.2) is 24.3 Å². The highest BCUT2D eigenvalue weighted by Gasteiger charge is 2.40. The molecule has 17 heavy (non-hydrogen) atoms. The lowest BCUT2D eigenvalue weighted by molar-refractivity contribution is 0.113. The Morgan fingerprint density at radius 2 is 2.00 bits per heavy atom. The fraction of sp³-hybridized carbons (Fsp3) is 0.571. The first-order valence-corrected chi connectivity index (χ1v) is 6.45. The zero-order chi connectivity index (χ0) is 11.8. The number of nitrogens with two attached hydrogens (primary N) is 1. The van der Waals surface area contributed by atoms with Crippen molar-refractivity contribution in [1.29, 1.82) is 0 Å². The van der Waals surface area contributed by atoms with Gasteiger partial charge in [0.2, 0.25) is 0 Å². The molecule has 0 amide bonds. The third kappa shape index (κ3) is 2.12. The Hall–Kier alpha value is -1.22. The molecule has 3 heteroatoms. The number of anilines is 1. The van der Waals surface area contributed by atoms with Gasteiger partial charge in [-0.05, 0) is 50.6 Å². The standard InChI is InChI=1S/C14H20N2O/c1-16-9-10-8-12(16)4-7-14(10)17-13-5-2-11(15)3-6-13/h2-3,5-6,10,12,14H,4,7-9,15H2,1H3. The first-order valence-electron chi connectivity index (χ1n) is 6.45. The van der Waals surface area contributed by atoms with E-state index in [0.717, 1.165) is 17.5 Å². The molecule has 3 rings (SSSR count). The molecule has 3 nitrogen and oxygen atoms in total. The third-order valence-corrected chi connectivity index (χ3v) is 4.20. The van der Waals surface area contributed by atoms with Gasteiger partial charge in [0.25, 0.3) is 0 Å². The molecule has 1 aromatic carbocycles. The van der Waals surface area contributed by atoms with Crippen molar-refractivity contribution in [2.24, 2.45) is 5.92 Å². The van der Waals surface area contributed by atoms with E-state index in [9.17, 15) is 0 Å². The average Bonchev–Trinajstić information content (AvgIpc) is 2.62. The van der Waals surface area contributed by atoms with Gasteiger partial charge < -0.3 is 15.4 Å². The van der Waals surface area contributed by atoms with Crippen molar-refractivity contribution in [3.8, 4) is 5.75 Å². The fourth-order valence-corrected chi connectivity index (χ4v) is 3.20. The monoisotopic (exact) mass is 232 g/mol. The van der Waals surface area contributed by atoms with Gasteiger partial charge in [0.1, 0.15) is 11.9 Å². The number of likely N-dealkylation sites (tertiary alicyclic amines) is 1. The minimum absolute atomic E-state index is 0.389. The Balaban J connectivity index is 1.68. The number of ether oxygens (including phenoxy) is 1. The van der Waals surface area contributed by atoms with Crippen molar-refractivity contribution in [2.45, 2.75) is 31.4 Å². The predicted molar refractivity (Wildman–Crippen MR) is 69.0 cm³/mol. The van der Waals surface area contributed by atoms with Crippen LogP contribution in [-0.2, 0) is 0 Å². The van der Waals surface area contributed by atoms with Crippen LogP contribution in [0.5, 0.6) is 5.75 Å². The molecule has 1 aliphatic heterocycles. The van der Waals surface area contributed by atoms with Crippen LogP contribution in [0.2, 0.25) is 0 Å². The third-order valence-electron chi connectivity index (χ3n) is 4.20. The fourth-order valence-electron chi connectivity index (χ4n) is 3.20. The lowest BCUT2D eigenvalue weighted by Gasteiger charge is -2.28. The van der Waals surface area contributed by atoms with E-state index in [4.69, 9.17) is 10.5 Å². The number of benzene rings is 1. The summed E-state index contributed by atoms with van der Waals surface area (Å²) in [5.41, 5.74) is 6.47.